The fourth-order valence-electron chi connectivity index (χ4n) is 4.06. The van der Waals surface area contributed by atoms with Crippen LogP contribution in [0.1, 0.15) is 50.7 Å². The van der Waals surface area contributed by atoms with Gasteiger partial charge in [-0.25, -0.2) is 18.9 Å². The molecule has 0 aliphatic heterocycles. The third-order valence-electron chi connectivity index (χ3n) is 5.91. The summed E-state index contributed by atoms with van der Waals surface area (Å²) in [4.78, 5) is 31.1. The summed E-state index contributed by atoms with van der Waals surface area (Å²) in [5.74, 6) is -1.18. The number of hydrogen-bond acceptors (Lipinski definition) is 7. The number of ether oxygens (including phenoxy) is 2. The second-order valence-corrected chi connectivity index (χ2v) is 9.11. The summed E-state index contributed by atoms with van der Waals surface area (Å²) in [6.07, 6.45) is 9.93. The van der Waals surface area contributed by atoms with Crippen LogP contribution in [-0.2, 0) is 11.2 Å². The molecule has 3 N–H and O–H groups in total. The lowest BCUT2D eigenvalue weighted by molar-refractivity contribution is 0.102. The minimum Gasteiger partial charge on any atom is -0.452 e. The topological polar surface area (TPSA) is 125 Å². The van der Waals surface area contributed by atoms with Gasteiger partial charge in [-0.2, -0.15) is 5.10 Å². The molecule has 3 aromatic rings. The van der Waals surface area contributed by atoms with Crippen molar-refractivity contribution in [1.29, 1.82) is 0 Å². The summed E-state index contributed by atoms with van der Waals surface area (Å²) >= 11 is 0. The Labute approximate surface area is 239 Å². The first-order chi connectivity index (χ1) is 19.6. The molecule has 2 aromatic heterocycles. The average Bonchev–Trinajstić information content (AvgIpc) is 3.36. The molecule has 216 valence electrons. The first-order valence-corrected chi connectivity index (χ1v) is 13.1. The maximum absolute atomic E-state index is 15.2. The summed E-state index contributed by atoms with van der Waals surface area (Å²) in [7, 11) is 0. The predicted octanol–water partition coefficient (Wildman–Crippen LogP) is 6.58. The van der Waals surface area contributed by atoms with Gasteiger partial charge in [-0.05, 0) is 52.3 Å². The molecule has 0 aliphatic carbocycles. The molecule has 0 saturated heterocycles. The summed E-state index contributed by atoms with van der Waals surface area (Å²) in [5, 5.41) is 7.07. The number of nitrogen functional groups attached to an aromatic ring is 1. The Hall–Kier alpha value is -4.93. The molecule has 0 saturated carbocycles. The molecule has 0 atom stereocenters. The Morgan fingerprint density at radius 3 is 2.61 bits per heavy atom. The molecule has 1 aromatic carbocycles. The molecule has 41 heavy (non-hydrogen) atoms. The minimum atomic E-state index is -0.740. The third-order valence-corrected chi connectivity index (χ3v) is 5.91. The lowest BCUT2D eigenvalue weighted by Gasteiger charge is -2.28. The maximum Gasteiger partial charge on any atom is 0.414 e. The molecular formula is C30H35FN6O4. The number of aromatic nitrogens is 3. The van der Waals surface area contributed by atoms with Crippen LogP contribution in [0, 0.1) is 5.82 Å². The van der Waals surface area contributed by atoms with Gasteiger partial charge in [-0.1, -0.05) is 31.7 Å². The van der Waals surface area contributed by atoms with Gasteiger partial charge in [0.2, 0.25) is 0 Å². The second kappa shape index (κ2) is 13.9. The van der Waals surface area contributed by atoms with Crippen molar-refractivity contribution in [2.75, 3.05) is 22.6 Å². The second-order valence-electron chi connectivity index (χ2n) is 9.11. The number of benzene rings is 1. The SMILES string of the molecule is C=C/C=C\C=C(/C)n1ncc(C(=O)Nc2ccc(Oc3ccnc(N)c3N(C(=O)OCC)C(C)C)c(F)c2)c1CC. The predicted molar refractivity (Wildman–Crippen MR) is 159 cm³/mol. The number of amides is 2. The van der Waals surface area contributed by atoms with E-state index in [-0.39, 0.29) is 41.3 Å². The summed E-state index contributed by atoms with van der Waals surface area (Å²) in [6, 6.07) is 5.14. The number of nitrogens with zero attached hydrogens (tertiary/aromatic N) is 4. The molecule has 0 radical (unpaired) electrons. The summed E-state index contributed by atoms with van der Waals surface area (Å²) < 4.78 is 27.9. The zero-order chi connectivity index (χ0) is 30.1. The van der Waals surface area contributed by atoms with Crippen molar-refractivity contribution in [2.45, 2.75) is 47.1 Å². The van der Waals surface area contributed by atoms with Crippen LogP contribution in [0.15, 0.2) is 67.5 Å². The lowest BCUT2D eigenvalue weighted by atomic mass is 10.2. The van der Waals surface area contributed by atoms with Crippen LogP contribution in [0.5, 0.6) is 11.5 Å². The Morgan fingerprint density at radius 2 is 1.98 bits per heavy atom. The van der Waals surface area contributed by atoms with E-state index in [4.69, 9.17) is 15.2 Å². The largest absolute Gasteiger partial charge is 0.452 e. The number of nitrogens with one attached hydrogen (secondary N) is 1. The number of hydrogen-bond donors (Lipinski definition) is 2. The number of carbonyl (C=O) groups excluding carboxylic acids is 2. The number of halogens is 1. The van der Waals surface area contributed by atoms with Crippen molar-refractivity contribution >= 4 is 34.9 Å². The molecule has 0 fully saturated rings. The van der Waals surface area contributed by atoms with E-state index in [1.165, 1.54) is 35.5 Å². The van der Waals surface area contributed by atoms with Crippen LogP contribution in [0.25, 0.3) is 5.70 Å². The van der Waals surface area contributed by atoms with Crippen molar-refractivity contribution in [1.82, 2.24) is 14.8 Å². The first-order valence-electron chi connectivity index (χ1n) is 13.1. The van der Waals surface area contributed by atoms with Crippen molar-refractivity contribution in [3.8, 4) is 11.5 Å². The van der Waals surface area contributed by atoms with Crippen LogP contribution in [0.2, 0.25) is 0 Å². The molecule has 0 unspecified atom stereocenters. The smallest absolute Gasteiger partial charge is 0.414 e. The Bertz CT molecular complexity index is 1480. The first kappa shape index (κ1) is 30.6. The molecule has 0 bridgehead atoms. The number of nitrogens with two attached hydrogens (primary N) is 1. The van der Waals surface area contributed by atoms with E-state index in [0.29, 0.717) is 17.7 Å². The van der Waals surface area contributed by atoms with Crippen molar-refractivity contribution in [2.24, 2.45) is 0 Å². The number of pyridine rings is 1. The highest BCUT2D eigenvalue weighted by molar-refractivity contribution is 6.05. The van der Waals surface area contributed by atoms with E-state index < -0.39 is 17.8 Å². The number of anilines is 3. The van der Waals surface area contributed by atoms with Crippen LogP contribution in [-0.4, -0.2) is 39.4 Å². The molecular weight excluding hydrogens is 527 g/mol. The Balaban J connectivity index is 1.86. The van der Waals surface area contributed by atoms with Crippen molar-refractivity contribution in [3.05, 3.63) is 84.6 Å². The highest BCUT2D eigenvalue weighted by Gasteiger charge is 2.27. The van der Waals surface area contributed by atoms with Gasteiger partial charge >= 0.3 is 6.09 Å². The molecule has 2 amide bonds. The summed E-state index contributed by atoms with van der Waals surface area (Å²) in [5.41, 5.74) is 8.38. The lowest BCUT2D eigenvalue weighted by Crippen LogP contribution is -2.38. The fourth-order valence-corrected chi connectivity index (χ4v) is 4.06. The normalized spacial score (nSPS) is 11.5. The van der Waals surface area contributed by atoms with E-state index >= 15 is 4.39 Å². The van der Waals surface area contributed by atoms with Gasteiger partial charge in [-0.15, -0.1) is 0 Å². The van der Waals surface area contributed by atoms with E-state index in [0.717, 1.165) is 11.8 Å². The zero-order valence-corrected chi connectivity index (χ0v) is 23.8. The Morgan fingerprint density at radius 1 is 1.22 bits per heavy atom. The zero-order valence-electron chi connectivity index (χ0n) is 23.8. The van der Waals surface area contributed by atoms with Gasteiger partial charge in [0, 0.05) is 35.8 Å². The summed E-state index contributed by atoms with van der Waals surface area (Å²) in [6.45, 7) is 12.8. The van der Waals surface area contributed by atoms with Crippen LogP contribution >= 0.6 is 0 Å². The molecule has 0 spiro atoms. The van der Waals surface area contributed by atoms with E-state index in [2.05, 4.69) is 22.0 Å². The molecule has 10 nitrogen and oxygen atoms in total. The van der Waals surface area contributed by atoms with Crippen LogP contribution in [0.4, 0.5) is 26.4 Å². The van der Waals surface area contributed by atoms with E-state index in [1.54, 1.807) is 37.6 Å². The number of allylic oxidation sites excluding steroid dienone is 5. The van der Waals surface area contributed by atoms with Crippen molar-refractivity contribution in [3.63, 3.8) is 0 Å². The molecule has 3 rings (SSSR count). The highest BCUT2D eigenvalue weighted by atomic mass is 19.1. The van der Waals surface area contributed by atoms with Gasteiger partial charge < -0.3 is 20.5 Å². The van der Waals surface area contributed by atoms with Crippen molar-refractivity contribution < 1.29 is 23.5 Å². The van der Waals surface area contributed by atoms with Gasteiger partial charge in [0.1, 0.15) is 5.69 Å². The highest BCUT2D eigenvalue weighted by Crippen LogP contribution is 2.38. The van der Waals surface area contributed by atoms with Gasteiger partial charge in [0.05, 0.1) is 24.1 Å². The Kier molecular flexibility index (Phi) is 10.4. The maximum atomic E-state index is 15.2. The van der Waals surface area contributed by atoms with Gasteiger partial charge in [-0.3, -0.25) is 9.69 Å². The number of carbonyl (C=O) groups is 2. The van der Waals surface area contributed by atoms with Gasteiger partial charge in [0.25, 0.3) is 5.91 Å². The minimum absolute atomic E-state index is 0.0163. The quantitative estimate of drug-likeness (QED) is 0.253. The van der Waals surface area contributed by atoms with Crippen LogP contribution in [0.3, 0.4) is 0 Å². The molecule has 11 heteroatoms. The van der Waals surface area contributed by atoms with Crippen LogP contribution < -0.4 is 20.7 Å². The molecule has 2 heterocycles. The molecule has 0 aliphatic rings. The van der Waals surface area contributed by atoms with Gasteiger partial charge in [0.15, 0.2) is 23.1 Å². The average molecular weight is 563 g/mol. The standard InChI is InChI=1S/C30H35FN6O4/c1-7-10-11-12-20(6)37-24(8-2)22(18-34-37)29(38)35-21-13-14-25(23(31)17-21)41-26-15-16-33-28(32)27(26)36(19(4)5)30(39)40-9-3/h7,10-19H,1,8-9H2,2-6H3,(H2,32,33)(H,35,38)/b11-10-,20-12+. The third kappa shape index (κ3) is 7.18. The number of rotatable bonds is 11. The van der Waals surface area contributed by atoms with E-state index in [1.807, 2.05) is 26.0 Å². The van der Waals surface area contributed by atoms with E-state index in [9.17, 15) is 9.59 Å². The monoisotopic (exact) mass is 562 g/mol. The fraction of sp³-hybridized carbons (Fsp3) is 0.267.